The van der Waals surface area contributed by atoms with Crippen LogP contribution in [0.1, 0.15) is 0 Å². The van der Waals surface area contributed by atoms with Gasteiger partial charge in [0.1, 0.15) is 18.4 Å². The number of alkyl halides is 1. The molecule has 5 atom stereocenters. The van der Waals surface area contributed by atoms with E-state index in [1.165, 1.54) is 0 Å². The van der Waals surface area contributed by atoms with Gasteiger partial charge in [-0.1, -0.05) is 0 Å². The van der Waals surface area contributed by atoms with Crippen LogP contribution in [0.2, 0.25) is 0 Å². The highest BCUT2D eigenvalue weighted by atomic mass is 19.1. The van der Waals surface area contributed by atoms with Crippen molar-refractivity contribution in [3.05, 3.63) is 0 Å². The Kier molecular flexibility index (Phi) is 2.97. The molecule has 6 heteroatoms. The van der Waals surface area contributed by atoms with Crippen molar-refractivity contribution in [2.75, 3.05) is 6.61 Å². The van der Waals surface area contributed by atoms with Gasteiger partial charge in [-0.15, -0.1) is 0 Å². The molecule has 0 spiro atoms. The molecule has 1 saturated heterocycles. The van der Waals surface area contributed by atoms with E-state index >= 15 is 0 Å². The first-order chi connectivity index (χ1) is 5.57. The lowest BCUT2D eigenvalue weighted by Gasteiger charge is -2.36. The fourth-order valence-corrected chi connectivity index (χ4v) is 1.09. The Morgan fingerprint density at radius 2 is 2.00 bits per heavy atom. The zero-order valence-corrected chi connectivity index (χ0v) is 6.30. The van der Waals surface area contributed by atoms with Crippen molar-refractivity contribution in [3.8, 4) is 0 Å². The van der Waals surface area contributed by atoms with Crippen LogP contribution in [0.5, 0.6) is 0 Å². The second kappa shape index (κ2) is 3.63. The molecule has 1 fully saturated rings. The molecule has 0 amide bonds. The smallest absolute Gasteiger partial charge is 0.173 e. The van der Waals surface area contributed by atoms with E-state index in [0.717, 1.165) is 0 Å². The number of rotatable bonds is 1. The molecule has 1 aliphatic heterocycles. The summed E-state index contributed by atoms with van der Waals surface area (Å²) < 4.78 is 17.6. The predicted molar refractivity (Wildman–Crippen MR) is 36.8 cm³/mol. The highest BCUT2D eigenvalue weighted by molar-refractivity contribution is 4.90. The fourth-order valence-electron chi connectivity index (χ4n) is 1.09. The van der Waals surface area contributed by atoms with Crippen molar-refractivity contribution in [1.29, 1.82) is 0 Å². The van der Waals surface area contributed by atoms with Crippen LogP contribution in [0.15, 0.2) is 0 Å². The van der Waals surface area contributed by atoms with Gasteiger partial charge in [-0.05, 0) is 0 Å². The maximum Gasteiger partial charge on any atom is 0.173 e. The Morgan fingerprint density at radius 1 is 1.42 bits per heavy atom. The van der Waals surface area contributed by atoms with E-state index in [2.05, 4.69) is 4.74 Å². The van der Waals surface area contributed by atoms with Gasteiger partial charge in [0.25, 0.3) is 0 Å². The molecule has 0 aromatic heterocycles. The minimum atomic E-state index is -1.77. The maximum absolute atomic E-state index is 12.9. The van der Waals surface area contributed by atoms with Gasteiger partial charge < -0.3 is 25.8 Å². The average molecular weight is 181 g/mol. The molecule has 12 heavy (non-hydrogen) atoms. The van der Waals surface area contributed by atoms with Crippen LogP contribution in [-0.2, 0) is 4.74 Å². The second-order valence-electron chi connectivity index (χ2n) is 2.76. The first kappa shape index (κ1) is 9.82. The van der Waals surface area contributed by atoms with E-state index in [1.807, 2.05) is 0 Å². The first-order valence-corrected chi connectivity index (χ1v) is 3.60. The SMILES string of the molecule is N[C@@H]1[C@@H](F)[C@H](O)[C@@H](CO)O[C@H]1O. The third-order valence-electron chi connectivity index (χ3n) is 1.90. The molecule has 0 unspecified atom stereocenters. The lowest BCUT2D eigenvalue weighted by Crippen LogP contribution is -2.60. The minimum absolute atomic E-state index is 0.550. The van der Waals surface area contributed by atoms with E-state index in [9.17, 15) is 4.39 Å². The number of nitrogens with two attached hydrogens (primary N) is 1. The monoisotopic (exact) mass is 181 g/mol. The van der Waals surface area contributed by atoms with Crippen molar-refractivity contribution in [1.82, 2.24) is 0 Å². The van der Waals surface area contributed by atoms with Crippen molar-refractivity contribution < 1.29 is 24.4 Å². The summed E-state index contributed by atoms with van der Waals surface area (Å²) in [6, 6.07) is -1.26. The number of ether oxygens (including phenoxy) is 1. The summed E-state index contributed by atoms with van der Waals surface area (Å²) in [6.45, 7) is -0.550. The van der Waals surface area contributed by atoms with Crippen LogP contribution in [0.3, 0.4) is 0 Å². The van der Waals surface area contributed by atoms with Gasteiger partial charge in [-0.3, -0.25) is 0 Å². The molecule has 1 heterocycles. The molecular formula is C6H12FNO4. The van der Waals surface area contributed by atoms with Crippen molar-refractivity contribution >= 4 is 0 Å². The summed E-state index contributed by atoms with van der Waals surface area (Å²) in [7, 11) is 0. The molecule has 0 radical (unpaired) electrons. The molecular weight excluding hydrogens is 169 g/mol. The van der Waals surface area contributed by atoms with Gasteiger partial charge in [-0.2, -0.15) is 0 Å². The van der Waals surface area contributed by atoms with E-state index in [4.69, 9.17) is 21.1 Å². The van der Waals surface area contributed by atoms with Gasteiger partial charge in [0.2, 0.25) is 0 Å². The normalized spacial score (nSPS) is 49.2. The second-order valence-corrected chi connectivity index (χ2v) is 2.76. The molecule has 0 saturated carbocycles. The lowest BCUT2D eigenvalue weighted by molar-refractivity contribution is -0.237. The summed E-state index contributed by atoms with van der Waals surface area (Å²) in [5, 5.41) is 26.6. The highest BCUT2D eigenvalue weighted by Gasteiger charge is 2.42. The molecule has 1 rings (SSSR count). The molecule has 0 aromatic carbocycles. The maximum atomic E-state index is 12.9. The Hall–Kier alpha value is -0.270. The van der Waals surface area contributed by atoms with Gasteiger partial charge in [0, 0.05) is 0 Å². The van der Waals surface area contributed by atoms with Crippen LogP contribution in [-0.4, -0.2) is 52.6 Å². The van der Waals surface area contributed by atoms with Crippen LogP contribution in [0.4, 0.5) is 4.39 Å². The molecule has 0 bridgehead atoms. The average Bonchev–Trinajstić information content (AvgIpc) is 2.08. The third-order valence-corrected chi connectivity index (χ3v) is 1.90. The van der Waals surface area contributed by atoms with Crippen LogP contribution in [0, 0.1) is 0 Å². The third kappa shape index (κ3) is 1.57. The quantitative estimate of drug-likeness (QED) is 0.365. The van der Waals surface area contributed by atoms with Crippen LogP contribution in [0.25, 0.3) is 0 Å². The zero-order valence-electron chi connectivity index (χ0n) is 6.30. The van der Waals surface area contributed by atoms with E-state index in [1.54, 1.807) is 0 Å². The van der Waals surface area contributed by atoms with Crippen molar-refractivity contribution in [3.63, 3.8) is 0 Å². The van der Waals surface area contributed by atoms with Gasteiger partial charge >= 0.3 is 0 Å². The Bertz CT molecular complexity index is 154. The summed E-state index contributed by atoms with van der Waals surface area (Å²) in [5.74, 6) is 0. The summed E-state index contributed by atoms with van der Waals surface area (Å²) >= 11 is 0. The molecule has 1 aliphatic rings. The molecule has 0 aliphatic carbocycles. The highest BCUT2D eigenvalue weighted by Crippen LogP contribution is 2.20. The zero-order chi connectivity index (χ0) is 9.30. The topological polar surface area (TPSA) is 95.9 Å². The first-order valence-electron chi connectivity index (χ1n) is 3.60. The van der Waals surface area contributed by atoms with Crippen LogP contribution >= 0.6 is 0 Å². The summed E-state index contributed by atoms with van der Waals surface area (Å²) in [4.78, 5) is 0. The summed E-state index contributed by atoms with van der Waals surface area (Å²) in [5.41, 5.74) is 5.14. The molecule has 5 N–H and O–H groups in total. The van der Waals surface area contributed by atoms with Crippen molar-refractivity contribution in [2.45, 2.75) is 30.7 Å². The Labute approximate surface area is 68.6 Å². The molecule has 5 nitrogen and oxygen atoms in total. The Balaban J connectivity index is 2.63. The standard InChI is InChI=1S/C6H12FNO4/c7-3-4(8)6(11)12-2(1-9)5(3)10/h2-6,9-11H,1,8H2/t2-,3-,4-,5-,6-/m1/s1. The van der Waals surface area contributed by atoms with E-state index in [0.29, 0.717) is 0 Å². The van der Waals surface area contributed by atoms with E-state index in [-0.39, 0.29) is 0 Å². The van der Waals surface area contributed by atoms with Crippen molar-refractivity contribution in [2.24, 2.45) is 5.73 Å². The fraction of sp³-hybridized carbons (Fsp3) is 1.00. The minimum Gasteiger partial charge on any atom is -0.394 e. The number of halogens is 1. The van der Waals surface area contributed by atoms with Gasteiger partial charge in [0.05, 0.1) is 12.6 Å². The number of hydrogen-bond donors (Lipinski definition) is 4. The van der Waals surface area contributed by atoms with Gasteiger partial charge in [-0.25, -0.2) is 4.39 Å². The number of aliphatic hydroxyl groups excluding tert-OH is 3. The van der Waals surface area contributed by atoms with Gasteiger partial charge in [0.15, 0.2) is 6.29 Å². The van der Waals surface area contributed by atoms with Crippen LogP contribution < -0.4 is 5.73 Å². The van der Waals surface area contributed by atoms with E-state index < -0.39 is 37.3 Å². The Morgan fingerprint density at radius 3 is 2.50 bits per heavy atom. The largest absolute Gasteiger partial charge is 0.394 e. The summed E-state index contributed by atoms with van der Waals surface area (Å²) in [6.07, 6.45) is -5.82. The number of aliphatic hydroxyl groups is 3. The molecule has 0 aromatic rings. The number of hydrogen-bond acceptors (Lipinski definition) is 5. The lowest BCUT2D eigenvalue weighted by atomic mass is 9.99. The predicted octanol–water partition coefficient (Wildman–Crippen LogP) is -2.28. The molecule has 72 valence electrons.